The summed E-state index contributed by atoms with van der Waals surface area (Å²) in [5.74, 6) is 6.24. The fourth-order valence-electron chi connectivity index (χ4n) is 1.89. The van der Waals surface area contributed by atoms with Crippen LogP contribution in [0.25, 0.3) is 0 Å². The van der Waals surface area contributed by atoms with Crippen molar-refractivity contribution in [3.63, 3.8) is 0 Å². The van der Waals surface area contributed by atoms with Gasteiger partial charge in [0.05, 0.1) is 6.10 Å². The molecule has 2 rings (SSSR count). The van der Waals surface area contributed by atoms with Gasteiger partial charge in [0, 0.05) is 12.6 Å². The molecule has 118 valence electrons. The molecule has 1 aliphatic rings. The van der Waals surface area contributed by atoms with Gasteiger partial charge in [0.2, 0.25) is 0 Å². The lowest BCUT2D eigenvalue weighted by atomic mass is 10.0. The quantitative estimate of drug-likeness (QED) is 0.440. The fraction of sp³-hybridized carbons (Fsp3) is 0.571. The number of benzene rings is 1. The molecular weight excluding hydrogens is 285 g/mol. The molecule has 1 saturated carbocycles. The van der Waals surface area contributed by atoms with Crippen LogP contribution in [0.2, 0.25) is 0 Å². The Morgan fingerprint density at radius 1 is 1.24 bits per heavy atom. The molecule has 21 heavy (non-hydrogen) atoms. The van der Waals surface area contributed by atoms with E-state index in [1.54, 1.807) is 0 Å². The van der Waals surface area contributed by atoms with Gasteiger partial charge in [-0.25, -0.2) is 0 Å². The predicted molar refractivity (Wildman–Crippen MR) is 71.6 cm³/mol. The Balaban J connectivity index is 1.79. The summed E-state index contributed by atoms with van der Waals surface area (Å²) in [5.41, 5.74) is 3.47. The van der Waals surface area contributed by atoms with Crippen molar-refractivity contribution in [2.24, 2.45) is 5.84 Å². The standard InChI is InChI=1S/C14H19F3N2O2/c15-14(16,17)9-20-8-7-13(19-18)10-1-3-11(4-2-10)21-12-5-6-12/h1-4,12-13,19H,5-9,18H2. The number of ether oxygens (including phenoxy) is 2. The van der Waals surface area contributed by atoms with E-state index in [4.69, 9.17) is 10.6 Å². The molecule has 1 aromatic rings. The van der Waals surface area contributed by atoms with Crippen LogP contribution in [0.4, 0.5) is 13.2 Å². The van der Waals surface area contributed by atoms with Crippen LogP contribution < -0.4 is 16.0 Å². The molecule has 1 aliphatic carbocycles. The highest BCUT2D eigenvalue weighted by molar-refractivity contribution is 5.29. The molecule has 1 fully saturated rings. The molecule has 0 amide bonds. The van der Waals surface area contributed by atoms with E-state index in [9.17, 15) is 13.2 Å². The number of nitrogens with two attached hydrogens (primary N) is 1. The van der Waals surface area contributed by atoms with Crippen LogP contribution in [-0.4, -0.2) is 25.5 Å². The topological polar surface area (TPSA) is 56.5 Å². The van der Waals surface area contributed by atoms with E-state index in [1.807, 2.05) is 24.3 Å². The van der Waals surface area contributed by atoms with E-state index in [0.717, 1.165) is 24.2 Å². The van der Waals surface area contributed by atoms with Gasteiger partial charge in [-0.3, -0.25) is 11.3 Å². The van der Waals surface area contributed by atoms with Crippen molar-refractivity contribution in [1.29, 1.82) is 0 Å². The van der Waals surface area contributed by atoms with E-state index in [2.05, 4.69) is 10.2 Å². The maximum Gasteiger partial charge on any atom is 0.411 e. The third kappa shape index (κ3) is 5.91. The summed E-state index contributed by atoms with van der Waals surface area (Å²) in [6.07, 6.45) is -1.44. The van der Waals surface area contributed by atoms with Gasteiger partial charge in [0.15, 0.2) is 0 Å². The summed E-state index contributed by atoms with van der Waals surface area (Å²) < 4.78 is 46.1. The van der Waals surface area contributed by atoms with Crippen molar-refractivity contribution in [1.82, 2.24) is 5.43 Å². The van der Waals surface area contributed by atoms with Crippen molar-refractivity contribution < 1.29 is 22.6 Å². The summed E-state index contributed by atoms with van der Waals surface area (Å²) >= 11 is 0. The average Bonchev–Trinajstić information content (AvgIpc) is 3.23. The van der Waals surface area contributed by atoms with Gasteiger partial charge in [0.25, 0.3) is 0 Å². The van der Waals surface area contributed by atoms with Gasteiger partial charge in [-0.05, 0) is 37.0 Å². The molecule has 1 atom stereocenters. The molecule has 7 heteroatoms. The van der Waals surface area contributed by atoms with Crippen molar-refractivity contribution >= 4 is 0 Å². The Bertz CT molecular complexity index is 433. The first-order chi connectivity index (χ1) is 9.98. The van der Waals surface area contributed by atoms with Gasteiger partial charge in [-0.15, -0.1) is 0 Å². The lowest BCUT2D eigenvalue weighted by Crippen LogP contribution is -2.29. The Labute approximate surface area is 121 Å². The zero-order valence-corrected chi connectivity index (χ0v) is 11.5. The molecule has 0 aromatic heterocycles. The number of hydrazine groups is 1. The third-order valence-electron chi connectivity index (χ3n) is 3.13. The maximum atomic E-state index is 12.0. The van der Waals surface area contributed by atoms with Crippen molar-refractivity contribution in [2.45, 2.75) is 37.6 Å². The highest BCUT2D eigenvalue weighted by Gasteiger charge is 2.27. The van der Waals surface area contributed by atoms with Crippen LogP contribution in [0.3, 0.4) is 0 Å². The van der Waals surface area contributed by atoms with Crippen LogP contribution in [0.5, 0.6) is 5.75 Å². The normalized spacial score (nSPS) is 16.8. The number of hydrogen-bond acceptors (Lipinski definition) is 4. The molecule has 0 radical (unpaired) electrons. The highest BCUT2D eigenvalue weighted by Crippen LogP contribution is 2.28. The van der Waals surface area contributed by atoms with E-state index in [-0.39, 0.29) is 12.6 Å². The molecule has 0 spiro atoms. The first-order valence-corrected chi connectivity index (χ1v) is 6.85. The molecule has 0 bridgehead atoms. The lowest BCUT2D eigenvalue weighted by Gasteiger charge is -2.17. The fourth-order valence-corrected chi connectivity index (χ4v) is 1.89. The number of halogens is 3. The number of alkyl halides is 3. The van der Waals surface area contributed by atoms with Gasteiger partial charge < -0.3 is 9.47 Å². The highest BCUT2D eigenvalue weighted by atomic mass is 19.4. The molecule has 1 aromatic carbocycles. The zero-order chi connectivity index (χ0) is 15.3. The largest absolute Gasteiger partial charge is 0.490 e. The summed E-state index contributed by atoms with van der Waals surface area (Å²) in [5, 5.41) is 0. The molecule has 0 heterocycles. The summed E-state index contributed by atoms with van der Waals surface area (Å²) in [6.45, 7) is -1.26. The van der Waals surface area contributed by atoms with Crippen LogP contribution >= 0.6 is 0 Å². The Morgan fingerprint density at radius 3 is 2.43 bits per heavy atom. The first-order valence-electron chi connectivity index (χ1n) is 6.85. The number of nitrogens with one attached hydrogen (secondary N) is 1. The predicted octanol–water partition coefficient (Wildman–Crippen LogP) is 2.70. The maximum absolute atomic E-state index is 12.0. The van der Waals surface area contributed by atoms with Crippen LogP contribution in [0.1, 0.15) is 30.9 Å². The lowest BCUT2D eigenvalue weighted by molar-refractivity contribution is -0.174. The van der Waals surface area contributed by atoms with E-state index in [0.29, 0.717) is 12.5 Å². The van der Waals surface area contributed by atoms with Crippen LogP contribution in [-0.2, 0) is 4.74 Å². The van der Waals surface area contributed by atoms with E-state index < -0.39 is 12.8 Å². The molecule has 1 unspecified atom stereocenters. The molecule has 0 saturated heterocycles. The van der Waals surface area contributed by atoms with Crippen LogP contribution in [0.15, 0.2) is 24.3 Å². The minimum Gasteiger partial charge on any atom is -0.490 e. The van der Waals surface area contributed by atoms with E-state index >= 15 is 0 Å². The summed E-state index contributed by atoms with van der Waals surface area (Å²) in [6, 6.07) is 7.13. The van der Waals surface area contributed by atoms with Gasteiger partial charge >= 0.3 is 6.18 Å². The minimum absolute atomic E-state index is 0.0191. The van der Waals surface area contributed by atoms with Crippen molar-refractivity contribution in [3.8, 4) is 5.75 Å². The summed E-state index contributed by atoms with van der Waals surface area (Å²) in [7, 11) is 0. The summed E-state index contributed by atoms with van der Waals surface area (Å²) in [4.78, 5) is 0. The van der Waals surface area contributed by atoms with Crippen LogP contribution in [0, 0.1) is 0 Å². The second-order valence-corrected chi connectivity index (χ2v) is 5.06. The number of hydrogen-bond donors (Lipinski definition) is 2. The van der Waals surface area contributed by atoms with Gasteiger partial charge in [0.1, 0.15) is 12.4 Å². The third-order valence-corrected chi connectivity index (χ3v) is 3.13. The van der Waals surface area contributed by atoms with Gasteiger partial charge in [-0.1, -0.05) is 12.1 Å². The first kappa shape index (κ1) is 16.1. The Hall–Kier alpha value is -1.31. The smallest absolute Gasteiger partial charge is 0.411 e. The number of rotatable bonds is 8. The molecule has 4 nitrogen and oxygen atoms in total. The van der Waals surface area contributed by atoms with Gasteiger partial charge in [-0.2, -0.15) is 13.2 Å². The second kappa shape index (κ2) is 7.11. The molecule has 3 N–H and O–H groups in total. The monoisotopic (exact) mass is 304 g/mol. The van der Waals surface area contributed by atoms with Crippen molar-refractivity contribution in [3.05, 3.63) is 29.8 Å². The Morgan fingerprint density at radius 2 is 1.90 bits per heavy atom. The van der Waals surface area contributed by atoms with E-state index in [1.165, 1.54) is 0 Å². The second-order valence-electron chi connectivity index (χ2n) is 5.06. The molecular formula is C14H19F3N2O2. The Kier molecular flexibility index (Phi) is 5.44. The zero-order valence-electron chi connectivity index (χ0n) is 11.5. The van der Waals surface area contributed by atoms with Crippen molar-refractivity contribution in [2.75, 3.05) is 13.2 Å². The molecule has 0 aliphatic heterocycles. The average molecular weight is 304 g/mol. The SMILES string of the molecule is NNC(CCOCC(F)(F)F)c1ccc(OC2CC2)cc1. The minimum atomic E-state index is -4.30.